The van der Waals surface area contributed by atoms with Crippen molar-refractivity contribution in [1.82, 2.24) is 20.0 Å². The molecule has 2 unspecified atom stereocenters. The number of morpholine rings is 1. The highest BCUT2D eigenvalue weighted by Crippen LogP contribution is 2.18. The van der Waals surface area contributed by atoms with Crippen molar-refractivity contribution >= 4 is 5.96 Å². The Kier molecular flexibility index (Phi) is 8.13. The number of nitrogens with one attached hydrogen (secondary N) is 1. The number of likely N-dealkylation sites (tertiary alicyclic amines) is 1. The van der Waals surface area contributed by atoms with E-state index in [0.29, 0.717) is 6.04 Å². The van der Waals surface area contributed by atoms with Gasteiger partial charge < -0.3 is 15.0 Å². The van der Waals surface area contributed by atoms with Gasteiger partial charge in [-0.2, -0.15) is 0 Å². The predicted octanol–water partition coefficient (Wildman–Crippen LogP) is 1.74. The van der Waals surface area contributed by atoms with Crippen LogP contribution in [0.1, 0.15) is 18.9 Å². The van der Waals surface area contributed by atoms with Gasteiger partial charge in [-0.3, -0.25) is 14.8 Å². The van der Waals surface area contributed by atoms with Crippen molar-refractivity contribution in [3.05, 3.63) is 35.9 Å². The second-order valence-electron chi connectivity index (χ2n) is 8.19. The van der Waals surface area contributed by atoms with E-state index in [9.17, 15) is 0 Å². The Balaban J connectivity index is 1.41. The Morgan fingerprint density at radius 1 is 1.25 bits per heavy atom. The Morgan fingerprint density at radius 3 is 2.71 bits per heavy atom. The van der Waals surface area contributed by atoms with Crippen molar-refractivity contribution in [2.75, 3.05) is 66.6 Å². The SMILES string of the molecule is CN=C(NCC(C)N(C)Cc1ccccc1)N1CCC(CN2CCOCC2)C1. The third kappa shape index (κ3) is 6.19. The molecule has 2 atom stereocenters. The summed E-state index contributed by atoms with van der Waals surface area (Å²) >= 11 is 0. The standard InChI is InChI=1S/C22H37N5O/c1-19(25(3)16-20-7-5-4-6-8-20)15-24-22(23-2)27-10-9-21(18-27)17-26-11-13-28-14-12-26/h4-8,19,21H,9-18H2,1-3H3,(H,23,24). The van der Waals surface area contributed by atoms with Crippen LogP contribution in [0.25, 0.3) is 0 Å². The van der Waals surface area contributed by atoms with Crippen LogP contribution >= 0.6 is 0 Å². The fourth-order valence-electron chi connectivity index (χ4n) is 4.08. The van der Waals surface area contributed by atoms with Crippen LogP contribution in [0.4, 0.5) is 0 Å². The van der Waals surface area contributed by atoms with Gasteiger partial charge in [-0.25, -0.2) is 0 Å². The van der Waals surface area contributed by atoms with Crippen molar-refractivity contribution in [3.8, 4) is 0 Å². The van der Waals surface area contributed by atoms with E-state index < -0.39 is 0 Å². The third-order valence-electron chi connectivity index (χ3n) is 6.00. The van der Waals surface area contributed by atoms with Gasteiger partial charge in [-0.05, 0) is 31.9 Å². The van der Waals surface area contributed by atoms with Crippen molar-refractivity contribution in [1.29, 1.82) is 0 Å². The fourth-order valence-corrected chi connectivity index (χ4v) is 4.08. The number of nitrogens with zero attached hydrogens (tertiary/aromatic N) is 4. The lowest BCUT2D eigenvalue weighted by molar-refractivity contribution is 0.0315. The van der Waals surface area contributed by atoms with Crippen molar-refractivity contribution in [2.24, 2.45) is 10.9 Å². The smallest absolute Gasteiger partial charge is 0.193 e. The molecule has 0 radical (unpaired) electrons. The molecule has 0 aromatic heterocycles. The predicted molar refractivity (Wildman–Crippen MR) is 116 cm³/mol. The molecular weight excluding hydrogens is 350 g/mol. The van der Waals surface area contributed by atoms with E-state index in [2.05, 4.69) is 69.3 Å². The molecule has 2 fully saturated rings. The minimum Gasteiger partial charge on any atom is -0.379 e. The molecule has 0 bridgehead atoms. The summed E-state index contributed by atoms with van der Waals surface area (Å²) in [6, 6.07) is 11.1. The molecule has 0 amide bonds. The molecule has 2 aliphatic rings. The Morgan fingerprint density at radius 2 is 2.00 bits per heavy atom. The lowest BCUT2D eigenvalue weighted by Crippen LogP contribution is -2.46. The highest BCUT2D eigenvalue weighted by Gasteiger charge is 2.27. The summed E-state index contributed by atoms with van der Waals surface area (Å²) in [4.78, 5) is 11.9. The first-order chi connectivity index (χ1) is 13.7. The lowest BCUT2D eigenvalue weighted by atomic mass is 10.1. The van der Waals surface area contributed by atoms with E-state index in [1.807, 2.05) is 7.05 Å². The molecule has 0 spiro atoms. The van der Waals surface area contributed by atoms with Crippen LogP contribution in [0.5, 0.6) is 0 Å². The van der Waals surface area contributed by atoms with Crippen LogP contribution in [-0.4, -0.2) is 93.3 Å². The number of hydrogen-bond donors (Lipinski definition) is 1. The summed E-state index contributed by atoms with van der Waals surface area (Å²) in [5.74, 6) is 1.78. The summed E-state index contributed by atoms with van der Waals surface area (Å²) in [6.07, 6.45) is 1.25. The number of benzene rings is 1. The van der Waals surface area contributed by atoms with Crippen molar-refractivity contribution < 1.29 is 4.74 Å². The first-order valence-electron chi connectivity index (χ1n) is 10.7. The maximum absolute atomic E-state index is 5.47. The Hall–Kier alpha value is -1.63. The van der Waals surface area contributed by atoms with E-state index >= 15 is 0 Å². The highest BCUT2D eigenvalue weighted by molar-refractivity contribution is 5.80. The van der Waals surface area contributed by atoms with Crippen LogP contribution in [0.15, 0.2) is 35.3 Å². The number of rotatable bonds is 7. The average Bonchev–Trinajstić information content (AvgIpc) is 3.18. The second-order valence-corrected chi connectivity index (χ2v) is 8.19. The lowest BCUT2D eigenvalue weighted by Gasteiger charge is -2.30. The van der Waals surface area contributed by atoms with Gasteiger partial charge in [0.1, 0.15) is 0 Å². The van der Waals surface area contributed by atoms with Gasteiger partial charge >= 0.3 is 0 Å². The molecular formula is C22H37N5O. The van der Waals surface area contributed by atoms with Crippen LogP contribution < -0.4 is 5.32 Å². The molecule has 0 saturated carbocycles. The molecule has 2 saturated heterocycles. The minimum atomic E-state index is 0.434. The van der Waals surface area contributed by atoms with Crippen LogP contribution in [0, 0.1) is 5.92 Å². The topological polar surface area (TPSA) is 43.3 Å². The highest BCUT2D eigenvalue weighted by atomic mass is 16.5. The monoisotopic (exact) mass is 387 g/mol. The largest absolute Gasteiger partial charge is 0.379 e. The molecule has 2 aliphatic heterocycles. The molecule has 1 N–H and O–H groups in total. The molecule has 3 rings (SSSR count). The van der Waals surface area contributed by atoms with E-state index in [1.165, 1.54) is 18.5 Å². The first-order valence-corrected chi connectivity index (χ1v) is 10.7. The molecule has 6 heteroatoms. The van der Waals surface area contributed by atoms with E-state index in [4.69, 9.17) is 4.74 Å². The normalized spacial score (nSPS) is 22.6. The van der Waals surface area contributed by atoms with Gasteiger partial charge in [-0.1, -0.05) is 30.3 Å². The summed E-state index contributed by atoms with van der Waals surface area (Å²) in [5, 5.41) is 3.60. The quantitative estimate of drug-likeness (QED) is 0.570. The molecule has 1 aromatic rings. The molecule has 6 nitrogen and oxygen atoms in total. The van der Waals surface area contributed by atoms with Gasteiger partial charge in [0.15, 0.2) is 5.96 Å². The summed E-state index contributed by atoms with van der Waals surface area (Å²) in [5.41, 5.74) is 1.35. The second kappa shape index (κ2) is 10.8. The minimum absolute atomic E-state index is 0.434. The summed E-state index contributed by atoms with van der Waals surface area (Å²) in [6.45, 7) is 11.5. The van der Waals surface area contributed by atoms with Gasteiger partial charge in [0.25, 0.3) is 0 Å². The Bertz CT molecular complexity index is 602. The molecule has 2 heterocycles. The number of guanidine groups is 1. The molecule has 156 valence electrons. The van der Waals surface area contributed by atoms with Gasteiger partial charge in [0, 0.05) is 58.9 Å². The Labute approximate surface area is 170 Å². The zero-order valence-corrected chi connectivity index (χ0v) is 17.8. The number of likely N-dealkylation sites (N-methyl/N-ethyl adjacent to an activating group) is 1. The van der Waals surface area contributed by atoms with Crippen LogP contribution in [0.3, 0.4) is 0 Å². The summed E-state index contributed by atoms with van der Waals surface area (Å²) in [7, 11) is 4.09. The molecule has 1 aromatic carbocycles. The van der Waals surface area contributed by atoms with Gasteiger partial charge in [-0.15, -0.1) is 0 Å². The zero-order chi connectivity index (χ0) is 19.8. The average molecular weight is 388 g/mol. The van der Waals surface area contributed by atoms with Crippen LogP contribution in [-0.2, 0) is 11.3 Å². The third-order valence-corrected chi connectivity index (χ3v) is 6.00. The number of aliphatic imine (C=N–C) groups is 1. The van der Waals surface area contributed by atoms with Crippen molar-refractivity contribution in [3.63, 3.8) is 0 Å². The van der Waals surface area contributed by atoms with Crippen molar-refractivity contribution in [2.45, 2.75) is 25.9 Å². The summed E-state index contributed by atoms with van der Waals surface area (Å²) < 4.78 is 5.47. The van der Waals surface area contributed by atoms with Crippen LogP contribution in [0.2, 0.25) is 0 Å². The molecule has 0 aliphatic carbocycles. The zero-order valence-electron chi connectivity index (χ0n) is 17.8. The van der Waals surface area contributed by atoms with E-state index in [1.54, 1.807) is 0 Å². The van der Waals surface area contributed by atoms with Gasteiger partial charge in [0.05, 0.1) is 13.2 Å². The first kappa shape index (κ1) is 21.1. The molecule has 28 heavy (non-hydrogen) atoms. The van der Waals surface area contributed by atoms with E-state index in [-0.39, 0.29) is 0 Å². The number of hydrogen-bond acceptors (Lipinski definition) is 4. The van der Waals surface area contributed by atoms with E-state index in [0.717, 1.165) is 64.4 Å². The maximum atomic E-state index is 5.47. The number of ether oxygens (including phenoxy) is 1. The maximum Gasteiger partial charge on any atom is 0.193 e. The fraction of sp³-hybridized carbons (Fsp3) is 0.682. The van der Waals surface area contributed by atoms with Gasteiger partial charge in [0.2, 0.25) is 0 Å².